The number of hydrogen-bond donors (Lipinski definition) is 3. The van der Waals surface area contributed by atoms with E-state index in [1.165, 1.54) is 12.1 Å². The Morgan fingerprint density at radius 3 is 2.19 bits per heavy atom. The predicted molar refractivity (Wildman–Crippen MR) is 122 cm³/mol. The molecule has 0 saturated heterocycles. The topological polar surface area (TPSA) is 136 Å². The van der Waals surface area contributed by atoms with Crippen molar-refractivity contribution in [3.8, 4) is 5.75 Å². The van der Waals surface area contributed by atoms with Gasteiger partial charge in [-0.05, 0) is 25.1 Å². The summed E-state index contributed by atoms with van der Waals surface area (Å²) in [7, 11) is -4.77. The number of carbonyl (C=O) groups excluding carboxylic acids is 2. The minimum absolute atomic E-state index is 0. The minimum atomic E-state index is -4.77. The van der Waals surface area contributed by atoms with E-state index in [1.807, 2.05) is 6.92 Å². The number of anilines is 3. The Balaban J connectivity index is 0.00000289. The molecule has 8 nitrogen and oxygen atoms in total. The van der Waals surface area contributed by atoms with Crippen LogP contribution < -0.4 is 15.8 Å². The van der Waals surface area contributed by atoms with Crippen molar-refractivity contribution in [3.63, 3.8) is 0 Å². The van der Waals surface area contributed by atoms with Crippen molar-refractivity contribution in [1.82, 2.24) is 0 Å². The van der Waals surface area contributed by atoms with E-state index < -0.39 is 32.3 Å². The third kappa shape index (κ3) is 4.17. The zero-order valence-electron chi connectivity index (χ0n) is 16.4. The van der Waals surface area contributed by atoms with E-state index in [4.69, 9.17) is 10.5 Å². The second kappa shape index (κ2) is 9.05. The number of hydrogen-bond acceptors (Lipinski definition) is 7. The molecule has 10 heteroatoms. The van der Waals surface area contributed by atoms with E-state index in [1.54, 1.807) is 36.4 Å². The average Bonchev–Trinajstić information content (AvgIpc) is 2.72. The fraction of sp³-hybridized carbons (Fsp3) is 0.0909. The monoisotopic (exact) mass is 462 g/mol. The first-order valence-electron chi connectivity index (χ1n) is 9.34. The van der Waals surface area contributed by atoms with Crippen LogP contribution in [0, 0.1) is 0 Å². The molecule has 0 aliphatic heterocycles. The molecule has 160 valence electrons. The van der Waals surface area contributed by atoms with Gasteiger partial charge < -0.3 is 15.8 Å². The number of fused-ring (bicyclic) bond motifs is 2. The van der Waals surface area contributed by atoms with Gasteiger partial charge in [0, 0.05) is 22.9 Å². The van der Waals surface area contributed by atoms with Crippen LogP contribution in [0.4, 0.5) is 17.1 Å². The summed E-state index contributed by atoms with van der Waals surface area (Å²) in [6.45, 7) is 2.27. The van der Waals surface area contributed by atoms with Crippen LogP contribution in [0.2, 0.25) is 0 Å². The number of nitrogen functional groups attached to an aromatic ring is 1. The third-order valence-electron chi connectivity index (χ3n) is 4.90. The van der Waals surface area contributed by atoms with Crippen LogP contribution >= 0.6 is 0 Å². The maximum absolute atomic E-state index is 13.3. The number of carbonyl (C=O) groups is 2. The number of rotatable bonds is 5. The molecule has 0 heterocycles. The van der Waals surface area contributed by atoms with E-state index in [9.17, 15) is 22.6 Å². The number of ketones is 2. The van der Waals surface area contributed by atoms with E-state index >= 15 is 0 Å². The zero-order valence-corrected chi connectivity index (χ0v) is 17.2. The summed E-state index contributed by atoms with van der Waals surface area (Å²) in [5.74, 6) is -0.527. The summed E-state index contributed by atoms with van der Waals surface area (Å²) in [4.78, 5) is 25.7. The molecule has 1 aliphatic carbocycles. The molecule has 3 aromatic carbocycles. The molecule has 32 heavy (non-hydrogen) atoms. The molecular formula is C22H19N2NaO6S. The molecule has 0 radical (unpaired) electrons. The van der Waals surface area contributed by atoms with Crippen molar-refractivity contribution in [2.75, 3.05) is 17.7 Å². The Morgan fingerprint density at radius 2 is 1.59 bits per heavy atom. The van der Waals surface area contributed by atoms with Gasteiger partial charge in [0.1, 0.15) is 10.6 Å². The van der Waals surface area contributed by atoms with Crippen LogP contribution in [0.5, 0.6) is 5.75 Å². The summed E-state index contributed by atoms with van der Waals surface area (Å²) < 4.78 is 39.0. The average molecular weight is 462 g/mol. The number of nitrogens with one attached hydrogen (secondary N) is 1. The molecule has 0 atom stereocenters. The number of benzene rings is 3. The normalized spacial score (nSPS) is 12.4. The van der Waals surface area contributed by atoms with Crippen molar-refractivity contribution in [1.29, 1.82) is 0 Å². The maximum atomic E-state index is 13.3. The predicted octanol–water partition coefficient (Wildman–Crippen LogP) is 2.78. The van der Waals surface area contributed by atoms with Crippen LogP contribution in [-0.2, 0) is 10.1 Å². The molecule has 0 bridgehead atoms. The second-order valence-electron chi connectivity index (χ2n) is 6.85. The molecule has 0 amide bonds. The van der Waals surface area contributed by atoms with Gasteiger partial charge in [0.25, 0.3) is 10.1 Å². The van der Waals surface area contributed by atoms with Crippen LogP contribution in [0.25, 0.3) is 0 Å². The van der Waals surface area contributed by atoms with Gasteiger partial charge in [-0.15, -0.1) is 0 Å². The van der Waals surface area contributed by atoms with Gasteiger partial charge in [0.2, 0.25) is 0 Å². The fourth-order valence-electron chi connectivity index (χ4n) is 3.59. The molecule has 0 spiro atoms. The summed E-state index contributed by atoms with van der Waals surface area (Å²) in [6, 6.07) is 14.0. The molecule has 0 saturated carbocycles. The third-order valence-corrected chi connectivity index (χ3v) is 5.80. The van der Waals surface area contributed by atoms with Gasteiger partial charge >= 0.3 is 29.6 Å². The summed E-state index contributed by atoms with van der Waals surface area (Å²) in [5, 5.41) is 2.97. The summed E-state index contributed by atoms with van der Waals surface area (Å²) in [5.41, 5.74) is 5.98. The number of ether oxygens (including phenoxy) is 1. The SMILES string of the molecule is CCOc1cccc(Nc2cc(S(=O)(=O)O)c(N)c3c2C(=O)c2ccccc2C3=O)c1.[NaH]. The van der Waals surface area contributed by atoms with Gasteiger partial charge in [0.15, 0.2) is 11.6 Å². The summed E-state index contributed by atoms with van der Waals surface area (Å²) in [6.07, 6.45) is 0. The van der Waals surface area contributed by atoms with Crippen LogP contribution in [0.1, 0.15) is 38.8 Å². The van der Waals surface area contributed by atoms with E-state index in [2.05, 4.69) is 5.32 Å². The molecule has 4 N–H and O–H groups in total. The number of nitrogens with two attached hydrogens (primary N) is 1. The Bertz CT molecular complexity index is 1350. The Morgan fingerprint density at radius 1 is 0.969 bits per heavy atom. The standard InChI is InChI=1S/C22H18N2O6S.Na.H/c1-2-30-13-7-5-6-12(10-13)24-16-11-17(31(27,28)29)20(23)19-18(16)21(25)14-8-3-4-9-15(14)22(19)26;;/h3-11,24H,2,23H2,1H3,(H,27,28,29);;. The molecule has 0 aromatic heterocycles. The quantitative estimate of drug-likeness (QED) is 0.234. The Labute approximate surface area is 206 Å². The van der Waals surface area contributed by atoms with Gasteiger partial charge in [-0.1, -0.05) is 30.3 Å². The van der Waals surface area contributed by atoms with Crippen molar-refractivity contribution in [2.45, 2.75) is 11.8 Å². The van der Waals surface area contributed by atoms with Crippen LogP contribution in [0.3, 0.4) is 0 Å². The first-order chi connectivity index (χ1) is 14.7. The van der Waals surface area contributed by atoms with Crippen molar-refractivity contribution in [3.05, 3.63) is 76.9 Å². The van der Waals surface area contributed by atoms with Crippen LogP contribution in [-0.4, -0.2) is 60.7 Å². The molecule has 4 rings (SSSR count). The molecule has 0 fully saturated rings. The Hall–Kier alpha value is -2.69. The second-order valence-corrected chi connectivity index (χ2v) is 8.24. The van der Waals surface area contributed by atoms with Gasteiger partial charge in [-0.3, -0.25) is 14.1 Å². The van der Waals surface area contributed by atoms with Crippen LogP contribution in [0.15, 0.2) is 59.5 Å². The molecule has 1 aliphatic rings. The van der Waals surface area contributed by atoms with Gasteiger partial charge in [0.05, 0.1) is 29.1 Å². The van der Waals surface area contributed by atoms with E-state index in [-0.39, 0.29) is 57.5 Å². The fourth-order valence-corrected chi connectivity index (χ4v) is 4.24. The molecule has 0 unspecified atom stereocenters. The Kier molecular flexibility index (Phi) is 6.77. The van der Waals surface area contributed by atoms with Gasteiger partial charge in [-0.25, -0.2) is 0 Å². The van der Waals surface area contributed by atoms with Gasteiger partial charge in [-0.2, -0.15) is 8.42 Å². The zero-order chi connectivity index (χ0) is 22.3. The molecule has 3 aromatic rings. The first kappa shape index (κ1) is 24.0. The first-order valence-corrected chi connectivity index (χ1v) is 10.8. The molecular weight excluding hydrogens is 443 g/mol. The van der Waals surface area contributed by atoms with Crippen molar-refractivity contribution in [2.24, 2.45) is 0 Å². The van der Waals surface area contributed by atoms with E-state index in [0.29, 0.717) is 18.0 Å². The summed E-state index contributed by atoms with van der Waals surface area (Å²) >= 11 is 0. The van der Waals surface area contributed by atoms with Crippen molar-refractivity contribution >= 4 is 68.3 Å². The van der Waals surface area contributed by atoms with Crippen molar-refractivity contribution < 1.29 is 27.3 Å². The van der Waals surface area contributed by atoms with E-state index in [0.717, 1.165) is 6.07 Å².